The van der Waals surface area contributed by atoms with Crippen molar-refractivity contribution in [2.75, 3.05) is 23.3 Å². The van der Waals surface area contributed by atoms with E-state index in [4.69, 9.17) is 0 Å². The summed E-state index contributed by atoms with van der Waals surface area (Å²) in [6, 6.07) is 18.7. The molecule has 2 atom stereocenters. The maximum atomic E-state index is 12.7. The maximum absolute atomic E-state index is 12.7. The molecule has 1 amide bonds. The molecule has 1 aliphatic rings. The van der Waals surface area contributed by atoms with Gasteiger partial charge in [-0.1, -0.05) is 24.3 Å². The molecule has 1 aliphatic heterocycles. The molecule has 194 valence electrons. The number of carboxylic acids is 1. The monoisotopic (exact) mass is 523 g/mol. The van der Waals surface area contributed by atoms with Crippen molar-refractivity contribution in [2.45, 2.75) is 36.4 Å². The number of rotatable bonds is 10. The van der Waals surface area contributed by atoms with E-state index >= 15 is 0 Å². The highest BCUT2D eigenvalue weighted by molar-refractivity contribution is 7.89. The van der Waals surface area contributed by atoms with E-state index in [1.165, 1.54) is 24.3 Å². The third-order valence-electron chi connectivity index (χ3n) is 6.06. The summed E-state index contributed by atoms with van der Waals surface area (Å²) in [5.41, 5.74) is 1.29. The van der Waals surface area contributed by atoms with Crippen LogP contribution in [0.4, 0.5) is 11.5 Å². The van der Waals surface area contributed by atoms with Crippen molar-refractivity contribution in [1.82, 2.24) is 15.0 Å². The molecule has 2 heterocycles. The van der Waals surface area contributed by atoms with Crippen LogP contribution in [0.5, 0.6) is 0 Å². The van der Waals surface area contributed by atoms with Gasteiger partial charge in [0.15, 0.2) is 0 Å². The fourth-order valence-electron chi connectivity index (χ4n) is 4.14. The Hall–Kier alpha value is -3.96. The standard InChI is InChI=1S/C26H29N5O5S/c32-25(28-18-22(26(33)34)30-37(35,36)21-8-2-1-3-9-21)19-12-14-20(15-13-19)31-17-7-5-11-24(31)29-23-10-4-6-16-27-23/h1-4,6,8-10,12-16,22,24,30H,5,7,11,17-18H2,(H,27,29)(H,28,32)(H,33,34)/t22-,24-/m0/s1. The van der Waals surface area contributed by atoms with E-state index in [0.29, 0.717) is 5.56 Å². The van der Waals surface area contributed by atoms with Crippen LogP contribution < -0.4 is 20.3 Å². The SMILES string of the molecule is O=C(NC[C@H](NS(=O)(=O)c1ccccc1)C(=O)O)c1ccc(N2CCCC[C@H]2Nc2ccccn2)cc1. The minimum atomic E-state index is -4.06. The summed E-state index contributed by atoms with van der Waals surface area (Å²) in [4.78, 5) is 30.9. The number of carbonyl (C=O) groups excluding carboxylic acids is 1. The third-order valence-corrected chi connectivity index (χ3v) is 7.55. The van der Waals surface area contributed by atoms with Gasteiger partial charge in [0.2, 0.25) is 10.0 Å². The molecule has 4 rings (SSSR count). The summed E-state index contributed by atoms with van der Waals surface area (Å²) in [5, 5.41) is 15.5. The summed E-state index contributed by atoms with van der Waals surface area (Å²) in [6.45, 7) is 0.446. The summed E-state index contributed by atoms with van der Waals surface area (Å²) >= 11 is 0. The maximum Gasteiger partial charge on any atom is 0.323 e. The number of anilines is 2. The molecule has 0 aliphatic carbocycles. The van der Waals surface area contributed by atoms with Gasteiger partial charge in [-0.2, -0.15) is 4.72 Å². The fourth-order valence-corrected chi connectivity index (χ4v) is 5.36. The van der Waals surface area contributed by atoms with E-state index in [0.717, 1.165) is 37.3 Å². The second-order valence-corrected chi connectivity index (χ2v) is 10.4. The second kappa shape index (κ2) is 11.8. The predicted octanol–water partition coefficient (Wildman–Crippen LogP) is 2.67. The fraction of sp³-hybridized carbons (Fsp3) is 0.269. The highest BCUT2D eigenvalue weighted by atomic mass is 32.2. The summed E-state index contributed by atoms with van der Waals surface area (Å²) < 4.78 is 27.1. The number of nitrogens with zero attached hydrogens (tertiary/aromatic N) is 2. The van der Waals surface area contributed by atoms with Gasteiger partial charge in [-0.3, -0.25) is 9.59 Å². The number of carbonyl (C=O) groups is 2. The van der Waals surface area contributed by atoms with Gasteiger partial charge in [0.1, 0.15) is 18.0 Å². The van der Waals surface area contributed by atoms with Crippen molar-refractivity contribution in [1.29, 1.82) is 0 Å². The Balaban J connectivity index is 1.38. The number of benzene rings is 2. The highest BCUT2D eigenvalue weighted by Crippen LogP contribution is 2.26. The number of aromatic nitrogens is 1. The lowest BCUT2D eigenvalue weighted by molar-refractivity contribution is -0.138. The largest absolute Gasteiger partial charge is 0.480 e. The Morgan fingerprint density at radius 2 is 1.73 bits per heavy atom. The normalized spacial score (nSPS) is 16.5. The van der Waals surface area contributed by atoms with Crippen molar-refractivity contribution in [3.8, 4) is 0 Å². The second-order valence-electron chi connectivity index (χ2n) is 8.65. The topological polar surface area (TPSA) is 141 Å². The van der Waals surface area contributed by atoms with Crippen LogP contribution >= 0.6 is 0 Å². The Morgan fingerprint density at radius 1 is 1.00 bits per heavy atom. The molecule has 0 bridgehead atoms. The number of carboxylic acid groups (broad SMARTS) is 1. The number of pyridine rings is 1. The van der Waals surface area contributed by atoms with E-state index in [2.05, 4.69) is 25.2 Å². The number of hydrogen-bond donors (Lipinski definition) is 4. The summed E-state index contributed by atoms with van der Waals surface area (Å²) in [6.07, 6.45) is 4.91. The van der Waals surface area contributed by atoms with Crippen LogP contribution in [0.25, 0.3) is 0 Å². The molecule has 0 radical (unpaired) electrons. The highest BCUT2D eigenvalue weighted by Gasteiger charge is 2.26. The average molecular weight is 524 g/mol. The molecular weight excluding hydrogens is 494 g/mol. The lowest BCUT2D eigenvalue weighted by Crippen LogP contribution is -2.48. The first-order valence-corrected chi connectivity index (χ1v) is 13.4. The van der Waals surface area contributed by atoms with E-state index in [9.17, 15) is 23.1 Å². The quantitative estimate of drug-likeness (QED) is 0.318. The molecule has 11 heteroatoms. The number of aliphatic carboxylic acids is 1. The molecule has 37 heavy (non-hydrogen) atoms. The zero-order chi connectivity index (χ0) is 26.3. The van der Waals surface area contributed by atoms with Crippen LogP contribution in [0, 0.1) is 0 Å². The van der Waals surface area contributed by atoms with Crippen LogP contribution in [0.1, 0.15) is 29.6 Å². The van der Waals surface area contributed by atoms with E-state index in [-0.39, 0.29) is 11.1 Å². The molecule has 1 aromatic heterocycles. The number of piperidine rings is 1. The Kier molecular flexibility index (Phi) is 8.36. The molecule has 2 aromatic carbocycles. The lowest BCUT2D eigenvalue weighted by Gasteiger charge is -2.38. The van der Waals surface area contributed by atoms with E-state index in [1.54, 1.807) is 24.4 Å². The van der Waals surface area contributed by atoms with Gasteiger partial charge in [0.05, 0.1) is 4.90 Å². The van der Waals surface area contributed by atoms with Crippen molar-refractivity contribution in [3.05, 3.63) is 84.6 Å². The van der Waals surface area contributed by atoms with Crippen LogP contribution in [-0.4, -0.2) is 55.7 Å². The van der Waals surface area contributed by atoms with Crippen molar-refractivity contribution >= 4 is 33.4 Å². The molecular formula is C26H29N5O5S. The smallest absolute Gasteiger partial charge is 0.323 e. The lowest BCUT2D eigenvalue weighted by atomic mass is 10.1. The van der Waals surface area contributed by atoms with Gasteiger partial charge in [0.25, 0.3) is 5.91 Å². The van der Waals surface area contributed by atoms with Gasteiger partial charge < -0.3 is 20.6 Å². The molecule has 0 unspecified atom stereocenters. The molecule has 0 saturated carbocycles. The summed E-state index contributed by atoms with van der Waals surface area (Å²) in [5.74, 6) is -1.10. The first-order valence-electron chi connectivity index (χ1n) is 12.0. The molecule has 4 N–H and O–H groups in total. The van der Waals surface area contributed by atoms with Crippen LogP contribution in [0.3, 0.4) is 0 Å². The molecule has 10 nitrogen and oxygen atoms in total. The Bertz CT molecular complexity index is 1300. The summed E-state index contributed by atoms with van der Waals surface area (Å²) in [7, 11) is -4.06. The zero-order valence-corrected chi connectivity index (χ0v) is 20.9. The van der Waals surface area contributed by atoms with Crippen molar-refractivity contribution in [3.63, 3.8) is 0 Å². The van der Waals surface area contributed by atoms with Crippen molar-refractivity contribution < 1.29 is 23.1 Å². The van der Waals surface area contributed by atoms with E-state index < -0.39 is 34.5 Å². The van der Waals surface area contributed by atoms with Gasteiger partial charge in [0, 0.05) is 30.5 Å². The number of amides is 1. The minimum absolute atomic E-state index is 0.0586. The Morgan fingerprint density at radius 3 is 2.41 bits per heavy atom. The van der Waals surface area contributed by atoms with Gasteiger partial charge >= 0.3 is 5.97 Å². The third kappa shape index (κ3) is 6.83. The van der Waals surface area contributed by atoms with Gasteiger partial charge in [-0.15, -0.1) is 0 Å². The van der Waals surface area contributed by atoms with Crippen LogP contribution in [0.2, 0.25) is 0 Å². The van der Waals surface area contributed by atoms with Crippen LogP contribution in [0.15, 0.2) is 83.9 Å². The zero-order valence-electron chi connectivity index (χ0n) is 20.1. The van der Waals surface area contributed by atoms with Crippen molar-refractivity contribution in [2.24, 2.45) is 0 Å². The molecule has 0 spiro atoms. The first kappa shape index (κ1) is 26.1. The van der Waals surface area contributed by atoms with Gasteiger partial charge in [-0.25, -0.2) is 13.4 Å². The molecule has 1 saturated heterocycles. The number of hydrogen-bond acceptors (Lipinski definition) is 7. The van der Waals surface area contributed by atoms with E-state index in [1.807, 2.05) is 30.3 Å². The molecule has 3 aromatic rings. The molecule has 1 fully saturated rings. The number of sulfonamides is 1. The minimum Gasteiger partial charge on any atom is -0.480 e. The number of nitrogens with one attached hydrogen (secondary N) is 3. The Labute approximate surface area is 215 Å². The van der Waals surface area contributed by atoms with Gasteiger partial charge in [-0.05, 0) is 67.8 Å². The predicted molar refractivity (Wildman–Crippen MR) is 140 cm³/mol. The van der Waals surface area contributed by atoms with Crippen LogP contribution in [-0.2, 0) is 14.8 Å². The first-order chi connectivity index (χ1) is 17.8. The average Bonchev–Trinajstić information content (AvgIpc) is 2.92.